The maximum Gasteiger partial charge on any atom is 0.408 e. The lowest BCUT2D eigenvalue weighted by atomic mass is 9.85. The molecule has 9 heteroatoms. The number of likely N-dealkylation sites (tertiary alicyclic amines) is 1. The molecule has 1 aliphatic carbocycles. The zero-order valence-corrected chi connectivity index (χ0v) is 22.6. The topological polar surface area (TPSA) is 118 Å². The first-order chi connectivity index (χ1) is 17.8. The number of amides is 2. The standard InChI is InChI=1S/C29H35N3O6/c1-28(2,3)24(30-27(36)37-29(4,5)6)25(33)32-16-17(15-22(32)26(34)35)38-31-23-20-13-9-7-11-18(20)19-12-8-10-14-21(19)23/h7-14,17,22,24H,15-16H2,1-6H3,(H,30,36)(H,34,35)/t17-,22+,24-/m1/s1. The van der Waals surface area contributed by atoms with Gasteiger partial charge in [0.1, 0.15) is 29.5 Å². The third-order valence-corrected chi connectivity index (χ3v) is 6.55. The van der Waals surface area contributed by atoms with Crippen LogP contribution in [0.25, 0.3) is 11.1 Å². The third-order valence-electron chi connectivity index (χ3n) is 6.55. The van der Waals surface area contributed by atoms with Crippen LogP contribution in [0.4, 0.5) is 4.79 Å². The summed E-state index contributed by atoms with van der Waals surface area (Å²) in [6.45, 7) is 10.6. The van der Waals surface area contributed by atoms with Crippen molar-refractivity contribution in [2.24, 2.45) is 10.6 Å². The maximum atomic E-state index is 13.6. The van der Waals surface area contributed by atoms with Crippen LogP contribution in [0.1, 0.15) is 59.1 Å². The second kappa shape index (κ2) is 10.1. The van der Waals surface area contributed by atoms with Crippen LogP contribution in [-0.2, 0) is 19.2 Å². The number of carboxylic acid groups (broad SMARTS) is 1. The van der Waals surface area contributed by atoms with Crippen LogP contribution < -0.4 is 5.32 Å². The van der Waals surface area contributed by atoms with E-state index in [1.807, 2.05) is 48.5 Å². The number of carbonyl (C=O) groups is 3. The fourth-order valence-corrected chi connectivity index (χ4v) is 4.81. The summed E-state index contributed by atoms with van der Waals surface area (Å²) in [4.78, 5) is 45.4. The Labute approximate surface area is 222 Å². The Morgan fingerprint density at radius 3 is 1.95 bits per heavy atom. The minimum Gasteiger partial charge on any atom is -0.480 e. The van der Waals surface area contributed by atoms with Gasteiger partial charge in [0.05, 0.1) is 6.54 Å². The van der Waals surface area contributed by atoms with E-state index in [4.69, 9.17) is 9.57 Å². The van der Waals surface area contributed by atoms with Gasteiger partial charge in [-0.2, -0.15) is 0 Å². The fraction of sp³-hybridized carbons (Fsp3) is 0.448. The summed E-state index contributed by atoms with van der Waals surface area (Å²) in [7, 11) is 0. The van der Waals surface area contributed by atoms with Crippen molar-refractivity contribution in [2.45, 2.75) is 71.8 Å². The van der Waals surface area contributed by atoms with Crippen molar-refractivity contribution in [1.82, 2.24) is 10.2 Å². The Hall–Kier alpha value is -3.88. The molecule has 1 fully saturated rings. The van der Waals surface area contributed by atoms with Crippen molar-refractivity contribution >= 4 is 23.7 Å². The molecule has 0 aromatic heterocycles. The van der Waals surface area contributed by atoms with E-state index in [9.17, 15) is 19.5 Å². The van der Waals surface area contributed by atoms with Gasteiger partial charge in [0.2, 0.25) is 5.91 Å². The highest BCUT2D eigenvalue weighted by atomic mass is 16.6. The third kappa shape index (κ3) is 5.66. The summed E-state index contributed by atoms with van der Waals surface area (Å²) < 4.78 is 5.34. The van der Waals surface area contributed by atoms with Crippen molar-refractivity contribution < 1.29 is 29.1 Å². The van der Waals surface area contributed by atoms with Gasteiger partial charge in [-0.3, -0.25) is 4.79 Å². The highest BCUT2D eigenvalue weighted by Crippen LogP contribution is 2.37. The average Bonchev–Trinajstić information content (AvgIpc) is 3.39. The number of carboxylic acids is 1. The van der Waals surface area contributed by atoms with E-state index in [2.05, 4.69) is 10.5 Å². The second-order valence-corrected chi connectivity index (χ2v) is 11.8. The lowest BCUT2D eigenvalue weighted by Crippen LogP contribution is -2.57. The molecule has 9 nitrogen and oxygen atoms in total. The molecule has 4 rings (SSSR count). The van der Waals surface area contributed by atoms with Gasteiger partial charge in [-0.05, 0) is 37.3 Å². The van der Waals surface area contributed by atoms with Crippen LogP contribution >= 0.6 is 0 Å². The number of aliphatic carboxylic acids is 1. The molecule has 2 aromatic rings. The van der Waals surface area contributed by atoms with Crippen LogP contribution in [0.15, 0.2) is 53.7 Å². The zero-order chi connectivity index (χ0) is 27.8. The van der Waals surface area contributed by atoms with Gasteiger partial charge >= 0.3 is 12.1 Å². The number of rotatable bonds is 5. The predicted molar refractivity (Wildman–Crippen MR) is 143 cm³/mol. The van der Waals surface area contributed by atoms with E-state index >= 15 is 0 Å². The number of hydrogen-bond donors (Lipinski definition) is 2. The molecule has 0 spiro atoms. The summed E-state index contributed by atoms with van der Waals surface area (Å²) >= 11 is 0. The lowest BCUT2D eigenvalue weighted by Gasteiger charge is -2.35. The van der Waals surface area contributed by atoms with Crippen LogP contribution in [0.3, 0.4) is 0 Å². The molecule has 1 heterocycles. The first kappa shape index (κ1) is 27.2. The molecular weight excluding hydrogens is 486 g/mol. The number of ether oxygens (including phenoxy) is 1. The lowest BCUT2D eigenvalue weighted by molar-refractivity contribution is -0.150. The molecule has 2 N–H and O–H groups in total. The normalized spacial score (nSPS) is 19.3. The Morgan fingerprint density at radius 1 is 0.947 bits per heavy atom. The van der Waals surface area contributed by atoms with Crippen LogP contribution in [0, 0.1) is 5.41 Å². The van der Waals surface area contributed by atoms with Gasteiger partial charge in [0.25, 0.3) is 0 Å². The van der Waals surface area contributed by atoms with Crippen molar-refractivity contribution in [2.75, 3.05) is 6.54 Å². The quantitative estimate of drug-likeness (QED) is 0.480. The van der Waals surface area contributed by atoms with Crippen molar-refractivity contribution in [3.8, 4) is 11.1 Å². The van der Waals surface area contributed by atoms with Gasteiger partial charge in [0.15, 0.2) is 0 Å². The fourth-order valence-electron chi connectivity index (χ4n) is 4.81. The molecule has 3 atom stereocenters. The molecule has 202 valence electrons. The molecule has 38 heavy (non-hydrogen) atoms. The van der Waals surface area contributed by atoms with E-state index in [-0.39, 0.29) is 13.0 Å². The summed E-state index contributed by atoms with van der Waals surface area (Å²) in [6.07, 6.45) is -1.30. The first-order valence-corrected chi connectivity index (χ1v) is 12.7. The molecule has 0 radical (unpaired) electrons. The molecule has 1 saturated heterocycles. The molecule has 2 aromatic carbocycles. The van der Waals surface area contributed by atoms with Crippen molar-refractivity contribution in [3.05, 3.63) is 59.7 Å². The number of nitrogens with one attached hydrogen (secondary N) is 1. The monoisotopic (exact) mass is 521 g/mol. The predicted octanol–water partition coefficient (Wildman–Crippen LogP) is 4.43. The first-order valence-electron chi connectivity index (χ1n) is 12.7. The van der Waals surface area contributed by atoms with Gasteiger partial charge < -0.3 is 24.9 Å². The molecule has 1 aliphatic heterocycles. The van der Waals surface area contributed by atoms with E-state index < -0.39 is 47.2 Å². The number of benzene rings is 2. The summed E-state index contributed by atoms with van der Waals surface area (Å²) in [5.74, 6) is -1.65. The smallest absolute Gasteiger partial charge is 0.408 e. The summed E-state index contributed by atoms with van der Waals surface area (Å²) in [6, 6.07) is 13.7. The van der Waals surface area contributed by atoms with Gasteiger partial charge in [-0.1, -0.05) is 74.5 Å². The molecule has 0 unspecified atom stereocenters. The number of hydrogen-bond acceptors (Lipinski definition) is 6. The van der Waals surface area contributed by atoms with E-state index in [1.54, 1.807) is 41.5 Å². The molecule has 2 amide bonds. The second-order valence-electron chi connectivity index (χ2n) is 11.8. The van der Waals surface area contributed by atoms with Crippen molar-refractivity contribution in [3.63, 3.8) is 0 Å². The molecule has 2 aliphatic rings. The number of oxime groups is 1. The summed E-state index contributed by atoms with van der Waals surface area (Å²) in [5.41, 5.74) is 3.20. The number of alkyl carbamates (subject to hydrolysis) is 1. The van der Waals surface area contributed by atoms with Crippen LogP contribution in [0.2, 0.25) is 0 Å². The van der Waals surface area contributed by atoms with Crippen LogP contribution in [0.5, 0.6) is 0 Å². The van der Waals surface area contributed by atoms with Crippen LogP contribution in [-0.4, -0.2) is 64.0 Å². The SMILES string of the molecule is CC(C)(C)OC(=O)N[C@H](C(=O)N1C[C@H](ON=C2c3ccccc3-c3ccccc32)C[C@H]1C(=O)O)C(C)(C)C. The average molecular weight is 522 g/mol. The minimum absolute atomic E-state index is 0.0262. The van der Waals surface area contributed by atoms with Gasteiger partial charge in [-0.15, -0.1) is 0 Å². The highest BCUT2D eigenvalue weighted by molar-refractivity contribution is 6.24. The Kier molecular flexibility index (Phi) is 7.23. The summed E-state index contributed by atoms with van der Waals surface area (Å²) in [5, 5.41) is 17.0. The Morgan fingerprint density at radius 2 is 1.47 bits per heavy atom. The number of nitrogens with zero attached hydrogens (tertiary/aromatic N) is 2. The van der Waals surface area contributed by atoms with E-state index in [0.29, 0.717) is 5.71 Å². The Balaban J connectivity index is 1.55. The van der Waals surface area contributed by atoms with Gasteiger partial charge in [-0.25, -0.2) is 9.59 Å². The Bertz CT molecular complexity index is 1230. The van der Waals surface area contributed by atoms with Crippen molar-refractivity contribution in [1.29, 1.82) is 0 Å². The largest absolute Gasteiger partial charge is 0.480 e. The van der Waals surface area contributed by atoms with E-state index in [1.165, 1.54) is 4.90 Å². The maximum absolute atomic E-state index is 13.6. The molecular formula is C29H35N3O6. The number of fused-ring (bicyclic) bond motifs is 3. The number of carbonyl (C=O) groups excluding carboxylic acids is 2. The van der Waals surface area contributed by atoms with Gasteiger partial charge in [0, 0.05) is 17.5 Å². The van der Waals surface area contributed by atoms with E-state index in [0.717, 1.165) is 22.3 Å². The zero-order valence-electron chi connectivity index (χ0n) is 22.6. The molecule has 0 bridgehead atoms. The molecule has 0 saturated carbocycles. The highest BCUT2D eigenvalue weighted by Gasteiger charge is 2.46. The minimum atomic E-state index is -1.14.